The van der Waals surface area contributed by atoms with Crippen LogP contribution in [0.25, 0.3) is 0 Å². The molecule has 0 spiro atoms. The summed E-state index contributed by atoms with van der Waals surface area (Å²) in [6.07, 6.45) is 1.45. The minimum absolute atomic E-state index is 0.118. The van der Waals surface area contributed by atoms with Gasteiger partial charge in [0, 0.05) is 5.69 Å². The lowest BCUT2D eigenvalue weighted by Gasteiger charge is -2.03. The van der Waals surface area contributed by atoms with Gasteiger partial charge >= 0.3 is 0 Å². The first-order chi connectivity index (χ1) is 9.47. The number of sulfonamides is 1. The monoisotopic (exact) mass is 289 g/mol. The van der Waals surface area contributed by atoms with Crippen molar-refractivity contribution in [3.05, 3.63) is 59.7 Å². The predicted molar refractivity (Wildman–Crippen MR) is 79.9 cm³/mol. The van der Waals surface area contributed by atoms with Gasteiger partial charge in [0.2, 0.25) is 0 Å². The SMILES string of the molecule is Cc1ccc(C=NNS(=O)(=O)c2ccc(N)cc2)cc1. The van der Waals surface area contributed by atoms with Crippen molar-refractivity contribution in [3.63, 3.8) is 0 Å². The Kier molecular flexibility index (Phi) is 4.05. The second-order valence-electron chi connectivity index (χ2n) is 4.33. The van der Waals surface area contributed by atoms with Gasteiger partial charge in [-0.1, -0.05) is 29.8 Å². The number of nitrogen functional groups attached to an aromatic ring is 1. The zero-order chi connectivity index (χ0) is 14.6. The number of benzene rings is 2. The van der Waals surface area contributed by atoms with Gasteiger partial charge in [0.05, 0.1) is 11.1 Å². The van der Waals surface area contributed by atoms with Gasteiger partial charge in [-0.2, -0.15) is 13.5 Å². The molecule has 0 amide bonds. The van der Waals surface area contributed by atoms with Gasteiger partial charge in [-0.3, -0.25) is 0 Å². The first-order valence-corrected chi connectivity index (χ1v) is 7.43. The Morgan fingerprint density at radius 2 is 1.65 bits per heavy atom. The summed E-state index contributed by atoms with van der Waals surface area (Å²) in [5.74, 6) is 0. The second kappa shape index (κ2) is 5.75. The third-order valence-corrected chi connectivity index (χ3v) is 3.89. The highest BCUT2D eigenvalue weighted by Crippen LogP contribution is 2.11. The summed E-state index contributed by atoms with van der Waals surface area (Å²) in [5.41, 5.74) is 7.96. The zero-order valence-electron chi connectivity index (χ0n) is 10.9. The van der Waals surface area contributed by atoms with Gasteiger partial charge < -0.3 is 5.73 Å². The Morgan fingerprint density at radius 3 is 2.25 bits per heavy atom. The fourth-order valence-electron chi connectivity index (χ4n) is 1.52. The summed E-state index contributed by atoms with van der Waals surface area (Å²) < 4.78 is 23.8. The maximum atomic E-state index is 11.9. The number of anilines is 1. The van der Waals surface area contributed by atoms with Crippen molar-refractivity contribution in [1.29, 1.82) is 0 Å². The van der Waals surface area contributed by atoms with E-state index in [0.717, 1.165) is 11.1 Å². The van der Waals surface area contributed by atoms with Crippen molar-refractivity contribution in [2.75, 3.05) is 5.73 Å². The fraction of sp³-hybridized carbons (Fsp3) is 0.0714. The van der Waals surface area contributed by atoms with E-state index in [1.807, 2.05) is 31.2 Å². The topological polar surface area (TPSA) is 84.5 Å². The van der Waals surface area contributed by atoms with E-state index >= 15 is 0 Å². The summed E-state index contributed by atoms with van der Waals surface area (Å²) in [5, 5.41) is 3.75. The standard InChI is InChI=1S/C14H15N3O2S/c1-11-2-4-12(5-3-11)10-16-17-20(18,19)14-8-6-13(15)7-9-14/h2-10,17H,15H2,1H3. The van der Waals surface area contributed by atoms with Gasteiger partial charge in [-0.15, -0.1) is 0 Å². The van der Waals surface area contributed by atoms with Crippen molar-refractivity contribution in [3.8, 4) is 0 Å². The maximum Gasteiger partial charge on any atom is 0.276 e. The molecule has 2 rings (SSSR count). The Morgan fingerprint density at radius 1 is 1.05 bits per heavy atom. The van der Waals surface area contributed by atoms with E-state index in [0.29, 0.717) is 5.69 Å². The van der Waals surface area contributed by atoms with Gasteiger partial charge in [-0.05, 0) is 36.8 Å². The van der Waals surface area contributed by atoms with E-state index in [-0.39, 0.29) is 4.90 Å². The third-order valence-electron chi connectivity index (χ3n) is 2.65. The number of aryl methyl sites for hydroxylation is 1. The average molecular weight is 289 g/mol. The molecule has 2 aromatic rings. The molecule has 0 aromatic heterocycles. The summed E-state index contributed by atoms with van der Waals surface area (Å²) in [7, 11) is -3.66. The van der Waals surface area contributed by atoms with Crippen LogP contribution in [0.5, 0.6) is 0 Å². The molecule has 0 radical (unpaired) electrons. The molecular weight excluding hydrogens is 274 g/mol. The number of nitrogens with two attached hydrogens (primary N) is 1. The molecule has 0 bridgehead atoms. The molecule has 0 aliphatic heterocycles. The largest absolute Gasteiger partial charge is 0.399 e. The van der Waals surface area contributed by atoms with Crippen LogP contribution < -0.4 is 10.6 Å². The van der Waals surface area contributed by atoms with Crippen LogP contribution in [0.4, 0.5) is 5.69 Å². The Labute approximate surface area is 118 Å². The molecular formula is C14H15N3O2S. The summed E-state index contributed by atoms with van der Waals surface area (Å²) in [6, 6.07) is 13.5. The van der Waals surface area contributed by atoms with E-state index in [1.54, 1.807) is 0 Å². The number of rotatable bonds is 4. The van der Waals surface area contributed by atoms with Crippen LogP contribution in [0, 0.1) is 6.92 Å². The number of hydrazone groups is 1. The molecule has 20 heavy (non-hydrogen) atoms. The molecule has 104 valence electrons. The third kappa shape index (κ3) is 3.58. The van der Waals surface area contributed by atoms with Crippen LogP contribution in [-0.2, 0) is 10.0 Å². The number of nitrogens with zero attached hydrogens (tertiary/aromatic N) is 1. The molecule has 6 heteroatoms. The Hall–Kier alpha value is -2.34. The quantitative estimate of drug-likeness (QED) is 0.512. The lowest BCUT2D eigenvalue weighted by molar-refractivity contribution is 0.584. The normalized spacial score (nSPS) is 11.7. The average Bonchev–Trinajstić information content (AvgIpc) is 2.41. The lowest BCUT2D eigenvalue weighted by Crippen LogP contribution is -2.18. The Balaban J connectivity index is 2.09. The predicted octanol–water partition coefficient (Wildman–Crippen LogP) is 1.89. The van der Waals surface area contributed by atoms with Gasteiger partial charge in [0.25, 0.3) is 10.0 Å². The first kappa shape index (κ1) is 14.1. The fourth-order valence-corrected chi connectivity index (χ4v) is 2.31. The van der Waals surface area contributed by atoms with Gasteiger partial charge in [0.15, 0.2) is 0 Å². The number of nitrogens with one attached hydrogen (secondary N) is 1. The van der Waals surface area contributed by atoms with Crippen molar-refractivity contribution >= 4 is 21.9 Å². The zero-order valence-corrected chi connectivity index (χ0v) is 11.8. The molecule has 2 aromatic carbocycles. The minimum Gasteiger partial charge on any atom is -0.399 e. The van der Waals surface area contributed by atoms with Crippen molar-refractivity contribution in [2.24, 2.45) is 5.10 Å². The summed E-state index contributed by atoms with van der Waals surface area (Å²) >= 11 is 0. The molecule has 0 atom stereocenters. The van der Waals surface area contributed by atoms with E-state index in [1.165, 1.54) is 30.5 Å². The molecule has 0 saturated heterocycles. The molecule has 0 fully saturated rings. The van der Waals surface area contributed by atoms with Crippen LogP contribution in [0.2, 0.25) is 0 Å². The highest BCUT2D eigenvalue weighted by atomic mass is 32.2. The highest BCUT2D eigenvalue weighted by molar-refractivity contribution is 7.89. The van der Waals surface area contributed by atoms with Gasteiger partial charge in [-0.25, -0.2) is 4.83 Å². The molecule has 0 aliphatic rings. The first-order valence-electron chi connectivity index (χ1n) is 5.94. The summed E-state index contributed by atoms with van der Waals surface area (Å²) in [6.45, 7) is 1.98. The summed E-state index contributed by atoms with van der Waals surface area (Å²) in [4.78, 5) is 2.28. The number of hydrogen-bond donors (Lipinski definition) is 2. The maximum absolute atomic E-state index is 11.9. The molecule has 0 saturated carbocycles. The highest BCUT2D eigenvalue weighted by Gasteiger charge is 2.11. The van der Waals surface area contributed by atoms with Crippen molar-refractivity contribution in [2.45, 2.75) is 11.8 Å². The van der Waals surface area contributed by atoms with Gasteiger partial charge in [0.1, 0.15) is 0 Å². The van der Waals surface area contributed by atoms with Crippen LogP contribution in [-0.4, -0.2) is 14.6 Å². The van der Waals surface area contributed by atoms with Crippen LogP contribution in [0.15, 0.2) is 58.5 Å². The van der Waals surface area contributed by atoms with Crippen molar-refractivity contribution in [1.82, 2.24) is 4.83 Å². The smallest absolute Gasteiger partial charge is 0.276 e. The van der Waals surface area contributed by atoms with E-state index < -0.39 is 10.0 Å². The van der Waals surface area contributed by atoms with E-state index in [9.17, 15) is 8.42 Å². The Bertz CT molecular complexity index is 705. The second-order valence-corrected chi connectivity index (χ2v) is 5.99. The molecule has 5 nitrogen and oxygen atoms in total. The van der Waals surface area contributed by atoms with E-state index in [2.05, 4.69) is 9.93 Å². The van der Waals surface area contributed by atoms with Crippen LogP contribution in [0.1, 0.15) is 11.1 Å². The lowest BCUT2D eigenvalue weighted by atomic mass is 10.2. The van der Waals surface area contributed by atoms with Crippen LogP contribution in [0.3, 0.4) is 0 Å². The molecule has 0 unspecified atom stereocenters. The van der Waals surface area contributed by atoms with Crippen molar-refractivity contribution < 1.29 is 8.42 Å². The van der Waals surface area contributed by atoms with Crippen LogP contribution >= 0.6 is 0 Å². The number of hydrogen-bond acceptors (Lipinski definition) is 4. The molecule has 3 N–H and O–H groups in total. The molecule has 0 heterocycles. The van der Waals surface area contributed by atoms with E-state index in [4.69, 9.17) is 5.73 Å². The minimum atomic E-state index is -3.66. The molecule has 0 aliphatic carbocycles.